The zero-order chi connectivity index (χ0) is 24.6. The van der Waals surface area contributed by atoms with E-state index in [1.807, 2.05) is 0 Å². The first-order chi connectivity index (χ1) is 14.9. The van der Waals surface area contributed by atoms with Gasteiger partial charge in [-0.1, -0.05) is 6.07 Å². The number of nitrogen functional groups attached to an aromatic ring is 1. The van der Waals surface area contributed by atoms with E-state index in [0.29, 0.717) is 11.1 Å². The first-order valence-electron chi connectivity index (χ1n) is 9.08. The topological polar surface area (TPSA) is 183 Å². The maximum atomic E-state index is 10.9. The van der Waals surface area contributed by atoms with E-state index in [1.165, 1.54) is 44.2 Å². The molecular weight excluding hydrogens is 422 g/mol. The highest BCUT2D eigenvalue weighted by Gasteiger charge is 2.20. The summed E-state index contributed by atoms with van der Waals surface area (Å²) in [7, 11) is 0. The molecule has 0 saturated carbocycles. The minimum Gasteiger partial charge on any atom is -0.481 e. The average Bonchev–Trinajstić information content (AvgIpc) is 2.72. The van der Waals surface area contributed by atoms with Crippen LogP contribution in [0, 0.1) is 26.8 Å². The van der Waals surface area contributed by atoms with Crippen molar-refractivity contribution >= 4 is 34.6 Å². The highest BCUT2D eigenvalue weighted by molar-refractivity contribution is 5.91. The molecule has 0 aliphatic carbocycles. The molecule has 2 aromatic carbocycles. The Kier molecular flexibility index (Phi) is 8.79. The number of nitro benzene ring substituents is 2. The maximum absolute atomic E-state index is 10.9. The minimum atomic E-state index is -1.03. The second-order valence-corrected chi connectivity index (χ2v) is 6.66. The summed E-state index contributed by atoms with van der Waals surface area (Å²) < 4.78 is 0. The number of hydrogen-bond acceptors (Lipinski definition) is 7. The Balaban J connectivity index is 0.000000323. The van der Waals surface area contributed by atoms with Crippen LogP contribution in [0.2, 0.25) is 0 Å². The fourth-order valence-electron chi connectivity index (χ4n) is 2.46. The van der Waals surface area contributed by atoms with Gasteiger partial charge in [-0.2, -0.15) is 0 Å². The lowest BCUT2D eigenvalue weighted by molar-refractivity contribution is -0.384. The number of rotatable bonds is 6. The number of anilines is 2. The Labute approximate surface area is 182 Å². The molecule has 2 aromatic rings. The number of nitro groups is 2. The number of nitrogens with zero attached hydrogens (tertiary/aromatic N) is 3. The van der Waals surface area contributed by atoms with Gasteiger partial charge in [0.15, 0.2) is 0 Å². The molecule has 2 atom stereocenters. The Hall–Kier alpha value is -4.53. The van der Waals surface area contributed by atoms with Crippen LogP contribution in [0.15, 0.2) is 36.4 Å². The van der Waals surface area contributed by atoms with Crippen molar-refractivity contribution in [3.05, 3.63) is 79.2 Å². The fourth-order valence-corrected chi connectivity index (χ4v) is 2.46. The largest absolute Gasteiger partial charge is 0.481 e. The normalized spacial score (nSPS) is 11.7. The van der Waals surface area contributed by atoms with Gasteiger partial charge in [-0.3, -0.25) is 29.8 Å². The molecule has 0 spiro atoms. The van der Waals surface area contributed by atoms with E-state index < -0.39 is 27.8 Å². The number of carbonyl (C=O) groups is 2. The quantitative estimate of drug-likeness (QED) is 0.260. The Bertz CT molecular complexity index is 1090. The third-order valence-corrected chi connectivity index (χ3v) is 4.33. The number of carbonyl (C=O) groups excluding carboxylic acids is 1. The summed E-state index contributed by atoms with van der Waals surface area (Å²) in [6, 6.07) is 7.91. The minimum absolute atomic E-state index is 0.0290. The van der Waals surface area contributed by atoms with E-state index >= 15 is 0 Å². The number of hydrogen-bond donors (Lipinski definition) is 3. The fraction of sp³-hybridized carbons (Fsp3) is 0.250. The summed E-state index contributed by atoms with van der Waals surface area (Å²) in [5.41, 5.74) is 6.01. The monoisotopic (exact) mass is 443 g/mol. The van der Waals surface area contributed by atoms with Gasteiger partial charge < -0.3 is 21.0 Å². The number of nitrogens with two attached hydrogens (primary N) is 1. The molecule has 0 fully saturated rings. The van der Waals surface area contributed by atoms with Crippen LogP contribution >= 0.6 is 0 Å². The number of nitrogens with one attached hydrogen (secondary N) is 1. The van der Waals surface area contributed by atoms with E-state index in [4.69, 9.17) is 17.4 Å². The van der Waals surface area contributed by atoms with Crippen molar-refractivity contribution < 1.29 is 24.5 Å². The third-order valence-electron chi connectivity index (χ3n) is 4.33. The van der Waals surface area contributed by atoms with Gasteiger partial charge in [0.05, 0.1) is 15.8 Å². The van der Waals surface area contributed by atoms with Crippen LogP contribution < -0.4 is 11.1 Å². The van der Waals surface area contributed by atoms with Gasteiger partial charge in [-0.15, -0.1) is 0 Å². The molecule has 0 radical (unpaired) electrons. The smallest absolute Gasteiger partial charge is 0.310 e. The number of carboxylic acids is 1. The molecule has 12 nitrogen and oxygen atoms in total. The molecule has 4 N–H and O–H groups in total. The average molecular weight is 443 g/mol. The molecule has 0 saturated heterocycles. The van der Waals surface area contributed by atoms with Crippen LogP contribution in [-0.4, -0.2) is 26.8 Å². The molecule has 1 amide bonds. The number of carboxylic acid groups (broad SMARTS) is 1. The Morgan fingerprint density at radius 1 is 1.06 bits per heavy atom. The molecular formula is C20H21N5O7. The van der Waals surface area contributed by atoms with Gasteiger partial charge in [0, 0.05) is 31.5 Å². The summed E-state index contributed by atoms with van der Waals surface area (Å²) in [6.07, 6.45) is 0. The molecule has 2 rings (SSSR count). The van der Waals surface area contributed by atoms with E-state index in [2.05, 4.69) is 10.2 Å². The molecule has 168 valence electrons. The van der Waals surface area contributed by atoms with Crippen LogP contribution in [-0.2, 0) is 9.59 Å². The van der Waals surface area contributed by atoms with Gasteiger partial charge in [0.2, 0.25) is 11.9 Å². The summed E-state index contributed by atoms with van der Waals surface area (Å²) in [4.78, 5) is 45.0. The van der Waals surface area contributed by atoms with Crippen LogP contribution in [0.5, 0.6) is 0 Å². The van der Waals surface area contributed by atoms with Crippen molar-refractivity contribution in [1.29, 1.82) is 0 Å². The van der Waals surface area contributed by atoms with E-state index in [-0.39, 0.29) is 28.7 Å². The van der Waals surface area contributed by atoms with Crippen molar-refractivity contribution in [2.24, 2.45) is 0 Å². The molecule has 0 aromatic heterocycles. The first-order valence-corrected chi connectivity index (χ1v) is 9.08. The Morgan fingerprint density at radius 3 is 2.06 bits per heavy atom. The van der Waals surface area contributed by atoms with Crippen molar-refractivity contribution in [3.8, 4) is 0 Å². The van der Waals surface area contributed by atoms with E-state index in [0.717, 1.165) is 0 Å². The highest BCUT2D eigenvalue weighted by Crippen LogP contribution is 2.29. The Morgan fingerprint density at radius 2 is 1.59 bits per heavy atom. The van der Waals surface area contributed by atoms with Crippen molar-refractivity contribution in [2.45, 2.75) is 32.7 Å². The van der Waals surface area contributed by atoms with Crippen LogP contribution in [0.25, 0.3) is 4.85 Å². The van der Waals surface area contributed by atoms with Gasteiger partial charge in [0.1, 0.15) is 11.4 Å². The first kappa shape index (κ1) is 25.5. The SMILES string of the molecule is CC(C(=O)O)c1ccc(N)c([N+](=O)[O-])c1.[C-]#[N+]C(C)c1ccc(NC(C)=O)c([N+](=O)[O-])c1. The lowest BCUT2D eigenvalue weighted by Crippen LogP contribution is -2.08. The van der Waals surface area contributed by atoms with Crippen LogP contribution in [0.1, 0.15) is 43.9 Å². The standard InChI is InChI=1S/C11H11N3O3.C9H10N2O4/c1-7(12-3)9-4-5-10(13-8(2)15)11(6-9)14(16)17;1-5(9(12)13)6-2-3-7(10)8(4-6)11(14)15/h4-7H,1-2H3,(H,13,15);2-5H,10H2,1H3,(H,12,13). The van der Waals surface area contributed by atoms with Crippen molar-refractivity contribution in [2.75, 3.05) is 11.1 Å². The molecule has 0 bridgehead atoms. The molecule has 2 unspecified atom stereocenters. The molecule has 0 heterocycles. The number of benzene rings is 2. The van der Waals surface area contributed by atoms with Gasteiger partial charge in [-0.05, 0) is 30.7 Å². The molecule has 0 aliphatic rings. The highest BCUT2D eigenvalue weighted by atomic mass is 16.6. The van der Waals surface area contributed by atoms with Gasteiger partial charge in [0.25, 0.3) is 11.4 Å². The number of aliphatic carboxylic acids is 1. The van der Waals surface area contributed by atoms with E-state index in [9.17, 15) is 29.8 Å². The second-order valence-electron chi connectivity index (χ2n) is 6.66. The summed E-state index contributed by atoms with van der Waals surface area (Å²) >= 11 is 0. The lowest BCUT2D eigenvalue weighted by atomic mass is 10.0. The van der Waals surface area contributed by atoms with Crippen LogP contribution in [0.4, 0.5) is 22.7 Å². The summed E-state index contributed by atoms with van der Waals surface area (Å²) in [5, 5.41) is 32.5. The van der Waals surface area contributed by atoms with Gasteiger partial charge >= 0.3 is 5.97 Å². The molecule has 32 heavy (non-hydrogen) atoms. The zero-order valence-corrected chi connectivity index (χ0v) is 17.4. The lowest BCUT2D eigenvalue weighted by Gasteiger charge is -2.06. The second kappa shape index (κ2) is 11.0. The van der Waals surface area contributed by atoms with Crippen molar-refractivity contribution in [1.82, 2.24) is 0 Å². The molecule has 12 heteroatoms. The molecule has 0 aliphatic heterocycles. The van der Waals surface area contributed by atoms with Crippen molar-refractivity contribution in [3.63, 3.8) is 0 Å². The third kappa shape index (κ3) is 6.77. The predicted octanol–water partition coefficient (Wildman–Crippen LogP) is 3.90. The predicted molar refractivity (Wildman–Crippen MR) is 116 cm³/mol. The summed E-state index contributed by atoms with van der Waals surface area (Å²) in [5.74, 6) is -2.20. The summed E-state index contributed by atoms with van der Waals surface area (Å²) in [6.45, 7) is 11.3. The van der Waals surface area contributed by atoms with Gasteiger partial charge in [-0.25, -0.2) is 6.57 Å². The zero-order valence-electron chi connectivity index (χ0n) is 17.4. The maximum Gasteiger partial charge on any atom is 0.310 e. The number of amides is 1. The van der Waals surface area contributed by atoms with E-state index in [1.54, 1.807) is 13.0 Å². The van der Waals surface area contributed by atoms with Crippen LogP contribution in [0.3, 0.4) is 0 Å².